The molecule has 2 aromatic rings. The molecule has 0 heterocycles. The highest BCUT2D eigenvalue weighted by atomic mass is 19.1. The fourth-order valence-corrected chi connectivity index (χ4v) is 2.54. The molecule has 0 spiro atoms. The number of benzene rings is 2. The summed E-state index contributed by atoms with van der Waals surface area (Å²) in [6.07, 6.45) is -0.0929. The summed E-state index contributed by atoms with van der Waals surface area (Å²) in [6, 6.07) is 7.65. The summed E-state index contributed by atoms with van der Waals surface area (Å²) in [6.45, 7) is 1.53. The molecule has 0 aliphatic heterocycles. The maximum absolute atomic E-state index is 13.4. The molecule has 7 heteroatoms. The molecule has 0 saturated heterocycles. The summed E-state index contributed by atoms with van der Waals surface area (Å²) in [5.74, 6) is -1.14. The first-order valence-corrected chi connectivity index (χ1v) is 7.84. The van der Waals surface area contributed by atoms with Crippen molar-refractivity contribution in [3.63, 3.8) is 0 Å². The van der Waals surface area contributed by atoms with Crippen molar-refractivity contribution in [1.82, 2.24) is 5.32 Å². The molecule has 2 aromatic carbocycles. The fourth-order valence-electron chi connectivity index (χ4n) is 2.54. The first kappa shape index (κ1) is 19.2. The third kappa shape index (κ3) is 4.50. The number of nitrogens with one attached hydrogen (secondary N) is 1. The molecule has 2 rings (SSSR count). The molecule has 26 heavy (non-hydrogen) atoms. The van der Waals surface area contributed by atoms with Gasteiger partial charge in [-0.25, -0.2) is 9.18 Å². The van der Waals surface area contributed by atoms with Crippen LogP contribution in [0.5, 0.6) is 11.5 Å². The summed E-state index contributed by atoms with van der Waals surface area (Å²) in [7, 11) is 2.98. The predicted molar refractivity (Wildman–Crippen MR) is 92.9 cm³/mol. The molecular weight excluding hydrogens is 341 g/mol. The Morgan fingerprint density at radius 1 is 1.15 bits per heavy atom. The predicted octanol–water partition coefficient (Wildman–Crippen LogP) is 2.64. The molecule has 2 N–H and O–H groups in total. The van der Waals surface area contributed by atoms with Gasteiger partial charge < -0.3 is 19.9 Å². The molecule has 0 aliphatic carbocycles. The van der Waals surface area contributed by atoms with E-state index in [0.29, 0.717) is 28.2 Å². The minimum absolute atomic E-state index is 0.0929. The van der Waals surface area contributed by atoms with E-state index in [1.54, 1.807) is 18.2 Å². The maximum Gasteiger partial charge on any atom is 0.330 e. The standard InChI is InChI=1S/C19H20FNO5/c1-11-8-12(4-6-15(11)20)18(19(23)24)21-17(22)10-13-9-14(25-2)5-7-16(13)26-3/h4-9,18H,10H2,1-3H3,(H,21,22)(H,23,24). The van der Waals surface area contributed by atoms with Crippen LogP contribution >= 0.6 is 0 Å². The number of halogens is 1. The molecule has 0 aliphatic rings. The number of carboxylic acid groups (broad SMARTS) is 1. The van der Waals surface area contributed by atoms with Crippen LogP contribution in [0.3, 0.4) is 0 Å². The zero-order chi connectivity index (χ0) is 19.3. The minimum Gasteiger partial charge on any atom is -0.497 e. The van der Waals surface area contributed by atoms with E-state index in [0.717, 1.165) is 0 Å². The molecule has 1 atom stereocenters. The Hall–Kier alpha value is -3.09. The summed E-state index contributed by atoms with van der Waals surface area (Å²) >= 11 is 0. The van der Waals surface area contributed by atoms with Crippen LogP contribution in [-0.2, 0) is 16.0 Å². The minimum atomic E-state index is -1.28. The molecule has 1 unspecified atom stereocenters. The lowest BCUT2D eigenvalue weighted by atomic mass is 10.0. The van der Waals surface area contributed by atoms with Crippen LogP contribution in [0.1, 0.15) is 22.7 Å². The number of amides is 1. The Kier molecular flexibility index (Phi) is 6.16. The van der Waals surface area contributed by atoms with E-state index < -0.39 is 23.7 Å². The van der Waals surface area contributed by atoms with Crippen LogP contribution in [0.4, 0.5) is 4.39 Å². The maximum atomic E-state index is 13.4. The first-order valence-electron chi connectivity index (χ1n) is 7.84. The topological polar surface area (TPSA) is 84.9 Å². The lowest BCUT2D eigenvalue weighted by molar-refractivity contribution is -0.142. The Labute approximate surface area is 150 Å². The first-order chi connectivity index (χ1) is 12.3. The number of aryl methyl sites for hydroxylation is 1. The van der Waals surface area contributed by atoms with E-state index in [4.69, 9.17) is 9.47 Å². The van der Waals surface area contributed by atoms with E-state index in [-0.39, 0.29) is 6.42 Å². The molecule has 6 nitrogen and oxygen atoms in total. The van der Waals surface area contributed by atoms with Gasteiger partial charge in [0.25, 0.3) is 0 Å². The van der Waals surface area contributed by atoms with Crippen LogP contribution in [0.25, 0.3) is 0 Å². The van der Waals surface area contributed by atoms with Gasteiger partial charge in [0.2, 0.25) is 5.91 Å². The number of hydrogen-bond acceptors (Lipinski definition) is 4. The lowest BCUT2D eigenvalue weighted by Crippen LogP contribution is -2.34. The second kappa shape index (κ2) is 8.33. The van der Waals surface area contributed by atoms with Gasteiger partial charge in [-0.2, -0.15) is 0 Å². The number of aliphatic carboxylic acids is 1. The lowest BCUT2D eigenvalue weighted by Gasteiger charge is -2.16. The van der Waals surface area contributed by atoms with Crippen LogP contribution in [0, 0.1) is 12.7 Å². The van der Waals surface area contributed by atoms with Crippen LogP contribution in [0.15, 0.2) is 36.4 Å². The van der Waals surface area contributed by atoms with Crippen molar-refractivity contribution in [1.29, 1.82) is 0 Å². The second-order valence-electron chi connectivity index (χ2n) is 5.70. The molecule has 0 radical (unpaired) electrons. The van der Waals surface area contributed by atoms with Crippen molar-refractivity contribution in [2.24, 2.45) is 0 Å². The van der Waals surface area contributed by atoms with Crippen molar-refractivity contribution in [3.05, 3.63) is 58.9 Å². The Bertz CT molecular complexity index is 822. The highest BCUT2D eigenvalue weighted by Crippen LogP contribution is 2.25. The number of carbonyl (C=O) groups excluding carboxylic acids is 1. The van der Waals surface area contributed by atoms with E-state index in [1.165, 1.54) is 39.3 Å². The highest BCUT2D eigenvalue weighted by molar-refractivity contribution is 5.86. The van der Waals surface area contributed by atoms with Crippen LogP contribution in [-0.4, -0.2) is 31.2 Å². The van der Waals surface area contributed by atoms with E-state index >= 15 is 0 Å². The Morgan fingerprint density at radius 2 is 1.88 bits per heavy atom. The molecule has 1 amide bonds. The fraction of sp³-hybridized carbons (Fsp3) is 0.263. The third-order valence-electron chi connectivity index (χ3n) is 3.91. The molecule has 0 aromatic heterocycles. The average molecular weight is 361 g/mol. The summed E-state index contributed by atoms with van der Waals surface area (Å²) in [4.78, 5) is 23.9. The van der Waals surface area contributed by atoms with E-state index in [9.17, 15) is 19.1 Å². The molecule has 0 fully saturated rings. The molecule has 0 bridgehead atoms. The van der Waals surface area contributed by atoms with Gasteiger partial charge in [-0.3, -0.25) is 4.79 Å². The average Bonchev–Trinajstić information content (AvgIpc) is 2.61. The number of hydrogen-bond donors (Lipinski definition) is 2. The number of carboxylic acids is 1. The normalized spacial score (nSPS) is 11.5. The molecular formula is C19H20FNO5. The van der Waals surface area contributed by atoms with E-state index in [2.05, 4.69) is 5.32 Å². The molecule has 138 valence electrons. The van der Waals surface area contributed by atoms with Gasteiger partial charge in [-0.1, -0.05) is 12.1 Å². The van der Waals surface area contributed by atoms with Gasteiger partial charge in [-0.05, 0) is 42.3 Å². The van der Waals surface area contributed by atoms with E-state index in [1.807, 2.05) is 0 Å². The van der Waals surface area contributed by atoms with Gasteiger partial charge in [0.15, 0.2) is 6.04 Å². The highest BCUT2D eigenvalue weighted by Gasteiger charge is 2.23. The summed E-state index contributed by atoms with van der Waals surface area (Å²) < 4.78 is 23.8. The van der Waals surface area contributed by atoms with Crippen molar-refractivity contribution >= 4 is 11.9 Å². The van der Waals surface area contributed by atoms with Crippen molar-refractivity contribution in [3.8, 4) is 11.5 Å². The van der Waals surface area contributed by atoms with Crippen molar-refractivity contribution in [2.45, 2.75) is 19.4 Å². The zero-order valence-corrected chi connectivity index (χ0v) is 14.7. The quantitative estimate of drug-likeness (QED) is 0.792. The van der Waals surface area contributed by atoms with Gasteiger partial charge in [0.1, 0.15) is 17.3 Å². The summed E-state index contributed by atoms with van der Waals surface area (Å²) in [5, 5.41) is 11.9. The number of carbonyl (C=O) groups is 2. The van der Waals surface area contributed by atoms with Gasteiger partial charge in [0.05, 0.1) is 20.6 Å². The van der Waals surface area contributed by atoms with Gasteiger partial charge in [0, 0.05) is 5.56 Å². The number of ether oxygens (including phenoxy) is 2. The number of methoxy groups -OCH3 is 2. The van der Waals surface area contributed by atoms with Crippen molar-refractivity contribution < 1.29 is 28.6 Å². The van der Waals surface area contributed by atoms with Crippen LogP contribution < -0.4 is 14.8 Å². The smallest absolute Gasteiger partial charge is 0.330 e. The Morgan fingerprint density at radius 3 is 2.46 bits per heavy atom. The largest absolute Gasteiger partial charge is 0.497 e. The Balaban J connectivity index is 2.21. The van der Waals surface area contributed by atoms with Gasteiger partial charge >= 0.3 is 5.97 Å². The third-order valence-corrected chi connectivity index (χ3v) is 3.91. The van der Waals surface area contributed by atoms with Crippen LogP contribution in [0.2, 0.25) is 0 Å². The molecule has 0 saturated carbocycles. The zero-order valence-electron chi connectivity index (χ0n) is 14.7. The summed E-state index contributed by atoms with van der Waals surface area (Å²) in [5.41, 5.74) is 1.16. The SMILES string of the molecule is COc1ccc(OC)c(CC(=O)NC(C(=O)O)c2ccc(F)c(C)c2)c1. The van der Waals surface area contributed by atoms with Gasteiger partial charge in [-0.15, -0.1) is 0 Å². The number of rotatable bonds is 7. The monoisotopic (exact) mass is 361 g/mol. The second-order valence-corrected chi connectivity index (χ2v) is 5.70. The van der Waals surface area contributed by atoms with Crippen molar-refractivity contribution in [2.75, 3.05) is 14.2 Å².